The molecule has 8 heteroatoms. The number of rotatable bonds is 6. The first-order chi connectivity index (χ1) is 15.5. The summed E-state index contributed by atoms with van der Waals surface area (Å²) in [7, 11) is 0. The van der Waals surface area contributed by atoms with E-state index in [1.54, 1.807) is 17.4 Å². The van der Waals surface area contributed by atoms with Crippen LogP contribution in [0.3, 0.4) is 0 Å². The minimum atomic E-state index is 0.541. The van der Waals surface area contributed by atoms with E-state index >= 15 is 0 Å². The molecule has 32 heavy (non-hydrogen) atoms. The maximum Gasteiger partial charge on any atom is 0.168 e. The van der Waals surface area contributed by atoms with E-state index in [4.69, 9.17) is 39.8 Å². The van der Waals surface area contributed by atoms with Crippen LogP contribution in [0.4, 0.5) is 0 Å². The summed E-state index contributed by atoms with van der Waals surface area (Å²) in [5.74, 6) is 1.30. The molecule has 164 valence electrons. The Balaban J connectivity index is 1.73. The molecule has 0 radical (unpaired) electrons. The minimum Gasteiger partial charge on any atom is -0.296 e. The van der Waals surface area contributed by atoms with Crippen LogP contribution < -0.4 is 0 Å². The summed E-state index contributed by atoms with van der Waals surface area (Å²) >= 11 is 20.6. The van der Waals surface area contributed by atoms with E-state index in [0.29, 0.717) is 21.0 Å². The van der Waals surface area contributed by atoms with Crippen LogP contribution in [0.5, 0.6) is 0 Å². The largest absolute Gasteiger partial charge is 0.296 e. The molecule has 1 aliphatic carbocycles. The molecule has 0 aliphatic heterocycles. The molecule has 2 heterocycles. The molecule has 0 bridgehead atoms. The van der Waals surface area contributed by atoms with Gasteiger partial charge in [-0.1, -0.05) is 65.9 Å². The van der Waals surface area contributed by atoms with Gasteiger partial charge < -0.3 is 0 Å². The van der Waals surface area contributed by atoms with Crippen molar-refractivity contribution in [2.45, 2.75) is 44.9 Å². The smallest absolute Gasteiger partial charge is 0.168 e. The lowest BCUT2D eigenvalue weighted by molar-refractivity contribution is 0.416. The molecule has 2 aromatic carbocycles. The molecule has 4 aromatic rings. The highest BCUT2D eigenvalue weighted by Crippen LogP contribution is 2.41. The first-order valence-electron chi connectivity index (χ1n) is 10.7. The zero-order valence-corrected chi connectivity index (χ0v) is 20.6. The van der Waals surface area contributed by atoms with Crippen molar-refractivity contribution >= 4 is 46.1 Å². The predicted octanol–water partition coefficient (Wildman–Crippen LogP) is 8.24. The molecule has 2 aromatic heterocycles. The van der Waals surface area contributed by atoms with Gasteiger partial charge in [0.15, 0.2) is 5.01 Å². The van der Waals surface area contributed by atoms with E-state index < -0.39 is 0 Å². The number of nitrogens with zero attached hydrogens (tertiary/aromatic N) is 4. The zero-order chi connectivity index (χ0) is 22.2. The Morgan fingerprint density at radius 3 is 2.41 bits per heavy atom. The fraction of sp³-hybridized carbons (Fsp3) is 0.292. The van der Waals surface area contributed by atoms with Crippen LogP contribution in [0.2, 0.25) is 15.1 Å². The minimum absolute atomic E-state index is 0.541. The molecule has 0 spiro atoms. The Bertz CT molecular complexity index is 1260. The van der Waals surface area contributed by atoms with Crippen LogP contribution in [0.1, 0.15) is 49.2 Å². The molecule has 0 unspecified atom stereocenters. The van der Waals surface area contributed by atoms with Crippen LogP contribution in [0.15, 0.2) is 42.5 Å². The number of hydrogen-bond acceptors (Lipinski definition) is 4. The third kappa shape index (κ3) is 4.08. The van der Waals surface area contributed by atoms with Crippen molar-refractivity contribution in [1.29, 1.82) is 0 Å². The summed E-state index contributed by atoms with van der Waals surface area (Å²) in [6.45, 7) is 2.16. The van der Waals surface area contributed by atoms with Crippen LogP contribution in [-0.2, 0) is 6.42 Å². The van der Waals surface area contributed by atoms with Crippen LogP contribution in [0, 0.1) is 0 Å². The maximum absolute atomic E-state index is 6.62. The van der Waals surface area contributed by atoms with Gasteiger partial charge in [0.05, 0.1) is 10.7 Å². The first-order valence-corrected chi connectivity index (χ1v) is 12.7. The molecule has 0 amide bonds. The summed E-state index contributed by atoms with van der Waals surface area (Å²) in [6.07, 6.45) is 5.47. The number of aromatic nitrogens is 4. The van der Waals surface area contributed by atoms with Crippen molar-refractivity contribution in [3.63, 3.8) is 0 Å². The van der Waals surface area contributed by atoms with Crippen LogP contribution in [0.25, 0.3) is 27.8 Å². The number of imidazole rings is 1. The fourth-order valence-corrected chi connectivity index (χ4v) is 5.61. The predicted molar refractivity (Wildman–Crippen MR) is 134 cm³/mol. The second-order valence-corrected chi connectivity index (χ2v) is 10.3. The van der Waals surface area contributed by atoms with Gasteiger partial charge in [-0.15, -0.1) is 10.2 Å². The monoisotopic (exact) mass is 502 g/mol. The highest BCUT2D eigenvalue weighted by Gasteiger charge is 2.27. The van der Waals surface area contributed by atoms with E-state index in [9.17, 15) is 0 Å². The van der Waals surface area contributed by atoms with Gasteiger partial charge in [0.2, 0.25) is 0 Å². The lowest BCUT2D eigenvalue weighted by Gasteiger charge is -2.21. The van der Waals surface area contributed by atoms with Gasteiger partial charge >= 0.3 is 0 Å². The van der Waals surface area contributed by atoms with Gasteiger partial charge in [-0.05, 0) is 61.7 Å². The second kappa shape index (κ2) is 9.14. The lowest BCUT2D eigenvalue weighted by atomic mass is 9.86. The molecule has 0 atom stereocenters. The summed E-state index contributed by atoms with van der Waals surface area (Å²) < 4.78 is 2.16. The number of halogens is 3. The van der Waals surface area contributed by atoms with Gasteiger partial charge in [0.1, 0.15) is 16.5 Å². The summed E-state index contributed by atoms with van der Waals surface area (Å²) in [4.78, 5) is 5.09. The first kappa shape index (κ1) is 21.9. The Labute approximate surface area is 206 Å². The quantitative estimate of drug-likeness (QED) is 0.266. The van der Waals surface area contributed by atoms with Crippen molar-refractivity contribution < 1.29 is 0 Å². The number of hydrogen-bond donors (Lipinski definition) is 0. The molecular formula is C24H21Cl3N4S. The average molecular weight is 504 g/mol. The summed E-state index contributed by atoms with van der Waals surface area (Å²) in [6, 6.07) is 13.3. The molecule has 4 nitrogen and oxygen atoms in total. The summed E-state index contributed by atoms with van der Waals surface area (Å²) in [5, 5.41) is 12.8. The third-order valence-corrected chi connectivity index (χ3v) is 7.71. The molecule has 0 saturated heterocycles. The zero-order valence-electron chi connectivity index (χ0n) is 17.5. The maximum atomic E-state index is 6.62. The van der Waals surface area contributed by atoms with Crippen molar-refractivity contribution in [2.24, 2.45) is 0 Å². The molecule has 1 aliphatic rings. The highest BCUT2D eigenvalue weighted by atomic mass is 35.5. The SMILES string of the molecule is CCCc1c(-c2nnc(C3CCC3)s2)nc(-c2ccc(Cl)cc2Cl)n1-c1ccc(Cl)cc1. The van der Waals surface area contributed by atoms with Crippen molar-refractivity contribution in [3.05, 3.63) is 68.2 Å². The van der Waals surface area contributed by atoms with E-state index in [1.807, 2.05) is 36.4 Å². The number of benzene rings is 2. The lowest BCUT2D eigenvalue weighted by Crippen LogP contribution is -2.07. The van der Waals surface area contributed by atoms with Crippen LogP contribution >= 0.6 is 46.1 Å². The molecule has 1 fully saturated rings. The average Bonchev–Trinajstić information content (AvgIpc) is 3.33. The van der Waals surface area contributed by atoms with E-state index in [-0.39, 0.29) is 0 Å². The summed E-state index contributed by atoms with van der Waals surface area (Å²) in [5.41, 5.74) is 3.75. The van der Waals surface area contributed by atoms with Gasteiger partial charge in [0.25, 0.3) is 0 Å². The normalized spacial score (nSPS) is 14.0. The topological polar surface area (TPSA) is 43.6 Å². The van der Waals surface area contributed by atoms with E-state index in [0.717, 1.165) is 51.3 Å². The Hall–Kier alpha value is -1.92. The Kier molecular flexibility index (Phi) is 6.26. The fourth-order valence-electron chi connectivity index (χ4n) is 3.96. The Morgan fingerprint density at radius 2 is 1.75 bits per heavy atom. The molecule has 0 N–H and O–H groups in total. The molecule has 5 rings (SSSR count). The Morgan fingerprint density at radius 1 is 1.00 bits per heavy atom. The molecular weight excluding hydrogens is 483 g/mol. The third-order valence-electron chi connectivity index (χ3n) is 5.81. The van der Waals surface area contributed by atoms with Crippen molar-refractivity contribution in [3.8, 4) is 27.8 Å². The highest BCUT2D eigenvalue weighted by molar-refractivity contribution is 7.14. The van der Waals surface area contributed by atoms with E-state index in [2.05, 4.69) is 21.7 Å². The van der Waals surface area contributed by atoms with E-state index in [1.165, 1.54) is 19.3 Å². The van der Waals surface area contributed by atoms with Crippen molar-refractivity contribution in [1.82, 2.24) is 19.7 Å². The van der Waals surface area contributed by atoms with Gasteiger partial charge in [-0.3, -0.25) is 4.57 Å². The van der Waals surface area contributed by atoms with Crippen molar-refractivity contribution in [2.75, 3.05) is 0 Å². The molecule has 1 saturated carbocycles. The van der Waals surface area contributed by atoms with Crippen LogP contribution in [-0.4, -0.2) is 19.7 Å². The standard InChI is InChI=1S/C24H21Cl3N4S/c1-2-4-20-21(24-30-29-23(32-24)14-5-3-6-14)28-22(18-12-9-16(26)13-19(18)27)31(20)17-10-7-15(25)8-11-17/h7-14H,2-6H2,1H3. The second-order valence-electron chi connectivity index (χ2n) is 7.99. The van der Waals surface area contributed by atoms with Gasteiger partial charge in [-0.25, -0.2) is 4.98 Å². The van der Waals surface area contributed by atoms with Gasteiger partial charge in [0, 0.05) is 27.2 Å². The van der Waals surface area contributed by atoms with Gasteiger partial charge in [-0.2, -0.15) is 0 Å².